The van der Waals surface area contributed by atoms with Gasteiger partial charge in [0, 0.05) is 11.7 Å². The summed E-state index contributed by atoms with van der Waals surface area (Å²) >= 11 is 0. The van der Waals surface area contributed by atoms with E-state index in [1.54, 1.807) is 37.3 Å². The smallest absolute Gasteiger partial charge is 0.294 e. The SMILES string of the molecule is COc1cc(C(C(=O)NC2CCCC2)N(C(=O)c2ccco2)c2ccc(C)c(F)c2)cc(OC)c1OC. The molecule has 2 aromatic carbocycles. The molecule has 0 spiro atoms. The van der Waals surface area contributed by atoms with E-state index in [1.807, 2.05) is 0 Å². The summed E-state index contributed by atoms with van der Waals surface area (Å²) in [5.41, 5.74) is 1.00. The number of nitrogens with one attached hydrogen (secondary N) is 1. The topological polar surface area (TPSA) is 90.2 Å². The number of carbonyl (C=O) groups excluding carboxylic acids is 2. The third kappa shape index (κ3) is 5.40. The van der Waals surface area contributed by atoms with Gasteiger partial charge in [0.15, 0.2) is 17.3 Å². The highest BCUT2D eigenvalue weighted by atomic mass is 19.1. The zero-order valence-corrected chi connectivity index (χ0v) is 21.4. The summed E-state index contributed by atoms with van der Waals surface area (Å²) in [5, 5.41) is 3.09. The number of anilines is 1. The lowest BCUT2D eigenvalue weighted by Crippen LogP contribution is -2.46. The predicted octanol–water partition coefficient (Wildman–Crippen LogP) is 5.20. The average Bonchev–Trinajstić information content (AvgIpc) is 3.62. The van der Waals surface area contributed by atoms with E-state index in [1.165, 1.54) is 44.6 Å². The molecule has 3 aromatic rings. The molecule has 0 saturated heterocycles. The maximum atomic E-state index is 14.8. The second-order valence-electron chi connectivity index (χ2n) is 8.94. The number of halogens is 1. The molecule has 1 atom stereocenters. The van der Waals surface area contributed by atoms with Crippen molar-refractivity contribution in [2.75, 3.05) is 26.2 Å². The third-order valence-corrected chi connectivity index (χ3v) is 6.60. The number of benzene rings is 2. The van der Waals surface area contributed by atoms with Crippen LogP contribution in [-0.4, -0.2) is 39.2 Å². The second kappa shape index (κ2) is 11.4. The van der Waals surface area contributed by atoms with Crippen LogP contribution in [0.1, 0.15) is 53.4 Å². The number of hydrogen-bond donors (Lipinski definition) is 1. The van der Waals surface area contributed by atoms with Crippen molar-refractivity contribution >= 4 is 17.5 Å². The third-order valence-electron chi connectivity index (χ3n) is 6.60. The van der Waals surface area contributed by atoms with Gasteiger partial charge in [0.25, 0.3) is 5.91 Å². The minimum Gasteiger partial charge on any atom is -0.493 e. The normalized spacial score (nSPS) is 14.2. The van der Waals surface area contributed by atoms with Crippen LogP contribution in [-0.2, 0) is 4.79 Å². The molecule has 37 heavy (non-hydrogen) atoms. The van der Waals surface area contributed by atoms with Gasteiger partial charge >= 0.3 is 0 Å². The largest absolute Gasteiger partial charge is 0.493 e. The van der Waals surface area contributed by atoms with Gasteiger partial charge in [0.2, 0.25) is 11.7 Å². The molecule has 1 heterocycles. The van der Waals surface area contributed by atoms with Crippen molar-refractivity contribution in [3.05, 3.63) is 71.4 Å². The fraction of sp³-hybridized carbons (Fsp3) is 0.357. The highest BCUT2D eigenvalue weighted by Gasteiger charge is 2.37. The Kier molecular flexibility index (Phi) is 8.01. The van der Waals surface area contributed by atoms with E-state index in [4.69, 9.17) is 18.6 Å². The molecular formula is C28H31FN2O6. The minimum atomic E-state index is -1.20. The first-order valence-electron chi connectivity index (χ1n) is 12.1. The Morgan fingerprint density at radius 3 is 2.24 bits per heavy atom. The van der Waals surface area contributed by atoms with Gasteiger partial charge in [-0.1, -0.05) is 18.9 Å². The zero-order chi connectivity index (χ0) is 26.5. The summed E-state index contributed by atoms with van der Waals surface area (Å²) < 4.78 is 36.6. The van der Waals surface area contributed by atoms with E-state index in [2.05, 4.69) is 5.32 Å². The van der Waals surface area contributed by atoms with Crippen molar-refractivity contribution in [1.82, 2.24) is 5.32 Å². The first-order chi connectivity index (χ1) is 17.9. The van der Waals surface area contributed by atoms with Crippen LogP contribution in [0.3, 0.4) is 0 Å². The molecule has 1 aromatic heterocycles. The zero-order valence-electron chi connectivity index (χ0n) is 21.4. The maximum Gasteiger partial charge on any atom is 0.294 e. The Morgan fingerprint density at radius 1 is 1.03 bits per heavy atom. The average molecular weight is 511 g/mol. The fourth-order valence-electron chi connectivity index (χ4n) is 4.66. The lowest BCUT2D eigenvalue weighted by atomic mass is 10.00. The van der Waals surface area contributed by atoms with Gasteiger partial charge in [-0.3, -0.25) is 14.5 Å². The molecule has 1 saturated carbocycles. The molecule has 1 aliphatic carbocycles. The van der Waals surface area contributed by atoms with Crippen LogP contribution in [0.2, 0.25) is 0 Å². The summed E-state index contributed by atoms with van der Waals surface area (Å²) in [7, 11) is 4.41. The molecule has 8 nitrogen and oxygen atoms in total. The van der Waals surface area contributed by atoms with E-state index < -0.39 is 23.7 Å². The van der Waals surface area contributed by atoms with Gasteiger partial charge in [-0.15, -0.1) is 0 Å². The number of aryl methyl sites for hydroxylation is 1. The number of furan rings is 1. The highest BCUT2D eigenvalue weighted by molar-refractivity contribution is 6.08. The van der Waals surface area contributed by atoms with Crippen molar-refractivity contribution in [2.45, 2.75) is 44.7 Å². The number of rotatable bonds is 9. The van der Waals surface area contributed by atoms with Crippen molar-refractivity contribution in [2.24, 2.45) is 0 Å². The van der Waals surface area contributed by atoms with Gasteiger partial charge in [0.1, 0.15) is 11.9 Å². The number of carbonyl (C=O) groups is 2. The molecule has 1 N–H and O–H groups in total. The lowest BCUT2D eigenvalue weighted by Gasteiger charge is -2.32. The number of amides is 2. The lowest BCUT2D eigenvalue weighted by molar-refractivity contribution is -0.123. The number of methoxy groups -OCH3 is 3. The molecule has 9 heteroatoms. The van der Waals surface area contributed by atoms with E-state index in [0.29, 0.717) is 28.4 Å². The van der Waals surface area contributed by atoms with E-state index in [-0.39, 0.29) is 17.5 Å². The molecular weight excluding hydrogens is 479 g/mol. The van der Waals surface area contributed by atoms with Gasteiger partial charge in [-0.05, 0) is 67.3 Å². The molecule has 2 amide bonds. The Morgan fingerprint density at radius 2 is 1.70 bits per heavy atom. The Labute approximate surface area is 215 Å². The van der Waals surface area contributed by atoms with Crippen molar-refractivity contribution in [3.63, 3.8) is 0 Å². The molecule has 1 fully saturated rings. The van der Waals surface area contributed by atoms with Crippen molar-refractivity contribution < 1.29 is 32.6 Å². The number of nitrogens with zero attached hydrogens (tertiary/aromatic N) is 1. The molecule has 1 unspecified atom stereocenters. The quantitative estimate of drug-likeness (QED) is 0.426. The van der Waals surface area contributed by atoms with Crippen LogP contribution >= 0.6 is 0 Å². The van der Waals surface area contributed by atoms with E-state index in [9.17, 15) is 14.0 Å². The first kappa shape index (κ1) is 26.1. The minimum absolute atomic E-state index is 0.00657. The highest BCUT2D eigenvalue weighted by Crippen LogP contribution is 2.42. The molecule has 196 valence electrons. The first-order valence-corrected chi connectivity index (χ1v) is 12.1. The van der Waals surface area contributed by atoms with E-state index >= 15 is 0 Å². The summed E-state index contributed by atoms with van der Waals surface area (Å²) in [6.45, 7) is 1.63. The molecule has 0 bridgehead atoms. The van der Waals surface area contributed by atoms with Crippen LogP contribution in [0.25, 0.3) is 0 Å². The van der Waals surface area contributed by atoms with Crippen molar-refractivity contribution in [3.8, 4) is 17.2 Å². The van der Waals surface area contributed by atoms with Gasteiger partial charge in [-0.25, -0.2) is 4.39 Å². The molecule has 0 aliphatic heterocycles. The van der Waals surface area contributed by atoms with Crippen molar-refractivity contribution in [1.29, 1.82) is 0 Å². The Balaban J connectivity index is 1.92. The number of hydrogen-bond acceptors (Lipinski definition) is 6. The predicted molar refractivity (Wildman–Crippen MR) is 136 cm³/mol. The van der Waals surface area contributed by atoms with Gasteiger partial charge in [-0.2, -0.15) is 0 Å². The van der Waals surface area contributed by atoms with Crippen LogP contribution in [0.4, 0.5) is 10.1 Å². The van der Waals surface area contributed by atoms with Gasteiger partial charge < -0.3 is 23.9 Å². The summed E-state index contributed by atoms with van der Waals surface area (Å²) in [4.78, 5) is 29.0. The second-order valence-corrected chi connectivity index (χ2v) is 8.94. The monoisotopic (exact) mass is 510 g/mol. The van der Waals surface area contributed by atoms with Crippen LogP contribution < -0.4 is 24.4 Å². The maximum absolute atomic E-state index is 14.8. The standard InChI is InChI=1S/C28H31FN2O6/c1-17-11-12-20(16-21(17)29)31(28(33)22-10-7-13-37-22)25(27(32)30-19-8-5-6-9-19)18-14-23(34-2)26(36-4)24(15-18)35-3/h7,10-16,19,25H,5-6,8-9H2,1-4H3,(H,30,32). The number of ether oxygens (including phenoxy) is 3. The van der Waals surface area contributed by atoms with Gasteiger partial charge in [0.05, 0.1) is 27.6 Å². The van der Waals surface area contributed by atoms with Crippen LogP contribution in [0.5, 0.6) is 17.2 Å². The van der Waals surface area contributed by atoms with Crippen LogP contribution in [0, 0.1) is 12.7 Å². The summed E-state index contributed by atoms with van der Waals surface area (Å²) in [6, 6.07) is 9.50. The van der Waals surface area contributed by atoms with Crippen LogP contribution in [0.15, 0.2) is 53.1 Å². The molecule has 4 rings (SSSR count). The fourth-order valence-corrected chi connectivity index (χ4v) is 4.66. The molecule has 0 radical (unpaired) electrons. The Bertz CT molecular complexity index is 1230. The molecule has 1 aliphatic rings. The Hall–Kier alpha value is -4.01. The summed E-state index contributed by atoms with van der Waals surface area (Å²) in [6.07, 6.45) is 5.09. The summed E-state index contributed by atoms with van der Waals surface area (Å²) in [5.74, 6) is -0.543. The van der Waals surface area contributed by atoms with E-state index in [0.717, 1.165) is 25.7 Å².